The number of aliphatic hydroxyl groups is 1. The van der Waals surface area contributed by atoms with Gasteiger partial charge in [0.05, 0.1) is 19.3 Å². The minimum absolute atomic E-state index is 0.000974. The Bertz CT molecular complexity index is 688. The van der Waals surface area contributed by atoms with E-state index in [4.69, 9.17) is 4.74 Å². The summed E-state index contributed by atoms with van der Waals surface area (Å²) in [5.74, 6) is -0.368. The van der Waals surface area contributed by atoms with Crippen molar-refractivity contribution in [1.82, 2.24) is 4.90 Å². The number of hydrogen-bond acceptors (Lipinski definition) is 3. The number of para-hydroxylation sites is 1. The van der Waals surface area contributed by atoms with Crippen LogP contribution in [-0.4, -0.2) is 36.2 Å². The standard InChI is InChI=1S/C18H20FNO3/c1-13-7-8-15(16(19)11-13)18(22)20(9-10-21)12-14-5-3-4-6-17(14)23-2/h3-8,11,21H,9-10,12H2,1-2H3. The van der Waals surface area contributed by atoms with Crippen LogP contribution in [0.25, 0.3) is 0 Å². The average Bonchev–Trinajstić information content (AvgIpc) is 2.54. The Morgan fingerprint density at radius 1 is 1.26 bits per heavy atom. The lowest BCUT2D eigenvalue weighted by atomic mass is 10.1. The van der Waals surface area contributed by atoms with Crippen LogP contribution in [0.5, 0.6) is 5.75 Å². The summed E-state index contributed by atoms with van der Waals surface area (Å²) in [6.07, 6.45) is 0. The SMILES string of the molecule is COc1ccccc1CN(CCO)C(=O)c1ccc(C)cc1F. The van der Waals surface area contributed by atoms with Gasteiger partial charge in [-0.05, 0) is 30.7 Å². The molecule has 0 bridgehead atoms. The Kier molecular flexibility index (Phi) is 5.71. The molecule has 0 aromatic heterocycles. The summed E-state index contributed by atoms with van der Waals surface area (Å²) >= 11 is 0. The highest BCUT2D eigenvalue weighted by molar-refractivity contribution is 5.94. The molecule has 0 saturated heterocycles. The van der Waals surface area contributed by atoms with Crippen molar-refractivity contribution < 1.29 is 19.0 Å². The fourth-order valence-corrected chi connectivity index (χ4v) is 2.38. The molecule has 1 N–H and O–H groups in total. The van der Waals surface area contributed by atoms with E-state index in [0.29, 0.717) is 5.75 Å². The smallest absolute Gasteiger partial charge is 0.257 e. The number of nitrogens with zero attached hydrogens (tertiary/aromatic N) is 1. The molecule has 0 heterocycles. The molecule has 0 spiro atoms. The summed E-state index contributed by atoms with van der Waals surface area (Å²) in [5.41, 5.74) is 1.54. The third-order valence-electron chi connectivity index (χ3n) is 3.57. The van der Waals surface area contributed by atoms with Gasteiger partial charge >= 0.3 is 0 Å². The Morgan fingerprint density at radius 2 is 2.00 bits per heavy atom. The van der Waals surface area contributed by atoms with Crippen molar-refractivity contribution in [3.8, 4) is 5.75 Å². The van der Waals surface area contributed by atoms with Crippen LogP contribution < -0.4 is 4.74 Å². The molecule has 0 fully saturated rings. The molecule has 0 atom stereocenters. The molecule has 2 rings (SSSR count). The quantitative estimate of drug-likeness (QED) is 0.891. The van der Waals surface area contributed by atoms with Crippen molar-refractivity contribution >= 4 is 5.91 Å². The van der Waals surface area contributed by atoms with Crippen LogP contribution in [0.4, 0.5) is 4.39 Å². The number of carbonyl (C=O) groups is 1. The first-order valence-electron chi connectivity index (χ1n) is 7.35. The van der Waals surface area contributed by atoms with Crippen molar-refractivity contribution in [3.63, 3.8) is 0 Å². The number of methoxy groups -OCH3 is 1. The van der Waals surface area contributed by atoms with Gasteiger partial charge in [-0.15, -0.1) is 0 Å². The van der Waals surface area contributed by atoms with Crippen molar-refractivity contribution in [1.29, 1.82) is 0 Å². The van der Waals surface area contributed by atoms with E-state index in [0.717, 1.165) is 11.1 Å². The number of carbonyl (C=O) groups excluding carboxylic acids is 1. The summed E-state index contributed by atoms with van der Waals surface area (Å²) in [4.78, 5) is 14.0. The van der Waals surface area contributed by atoms with E-state index in [1.807, 2.05) is 18.2 Å². The second-order valence-corrected chi connectivity index (χ2v) is 5.25. The Labute approximate surface area is 135 Å². The molecule has 4 nitrogen and oxygen atoms in total. The van der Waals surface area contributed by atoms with Gasteiger partial charge in [0.1, 0.15) is 11.6 Å². The first kappa shape index (κ1) is 17.0. The second-order valence-electron chi connectivity index (χ2n) is 5.25. The fraction of sp³-hybridized carbons (Fsp3) is 0.278. The van der Waals surface area contributed by atoms with Crippen molar-refractivity contribution in [2.75, 3.05) is 20.3 Å². The van der Waals surface area contributed by atoms with Crippen molar-refractivity contribution in [3.05, 3.63) is 65.0 Å². The number of aliphatic hydroxyl groups excluding tert-OH is 1. The number of benzene rings is 2. The molecule has 0 radical (unpaired) electrons. The van der Waals surface area contributed by atoms with E-state index in [1.165, 1.54) is 17.0 Å². The maximum Gasteiger partial charge on any atom is 0.257 e. The Balaban J connectivity index is 2.28. The normalized spacial score (nSPS) is 10.4. The van der Waals surface area contributed by atoms with Gasteiger partial charge in [-0.25, -0.2) is 4.39 Å². The molecule has 2 aromatic rings. The number of ether oxygens (including phenoxy) is 1. The second kappa shape index (κ2) is 7.74. The number of amides is 1. The lowest BCUT2D eigenvalue weighted by Gasteiger charge is -2.23. The van der Waals surface area contributed by atoms with Crippen molar-refractivity contribution in [2.24, 2.45) is 0 Å². The third kappa shape index (κ3) is 4.07. The van der Waals surface area contributed by atoms with Crippen LogP contribution in [0.2, 0.25) is 0 Å². The molecule has 0 aliphatic carbocycles. The average molecular weight is 317 g/mol. The molecule has 0 saturated carbocycles. The van der Waals surface area contributed by atoms with Crippen LogP contribution in [0.3, 0.4) is 0 Å². The topological polar surface area (TPSA) is 49.8 Å². The van der Waals surface area contributed by atoms with E-state index in [2.05, 4.69) is 0 Å². The predicted molar refractivity (Wildman–Crippen MR) is 86.0 cm³/mol. The van der Waals surface area contributed by atoms with E-state index >= 15 is 0 Å². The number of aryl methyl sites for hydroxylation is 1. The molecule has 5 heteroatoms. The zero-order valence-electron chi connectivity index (χ0n) is 13.3. The largest absolute Gasteiger partial charge is 0.496 e. The molecule has 0 unspecified atom stereocenters. The summed E-state index contributed by atoms with van der Waals surface area (Å²) in [6.45, 7) is 1.91. The molecule has 23 heavy (non-hydrogen) atoms. The van der Waals surface area contributed by atoms with Crippen LogP contribution >= 0.6 is 0 Å². The van der Waals surface area contributed by atoms with Gasteiger partial charge in [0.2, 0.25) is 0 Å². The van der Waals surface area contributed by atoms with Crippen LogP contribution in [0, 0.1) is 12.7 Å². The zero-order valence-corrected chi connectivity index (χ0v) is 13.3. The number of halogens is 1. The van der Waals surface area contributed by atoms with E-state index in [9.17, 15) is 14.3 Å². The van der Waals surface area contributed by atoms with Gasteiger partial charge < -0.3 is 14.7 Å². The monoisotopic (exact) mass is 317 g/mol. The highest BCUT2D eigenvalue weighted by Crippen LogP contribution is 2.21. The molecule has 1 amide bonds. The first-order chi connectivity index (χ1) is 11.1. The predicted octanol–water partition coefficient (Wildman–Crippen LogP) is 2.78. The van der Waals surface area contributed by atoms with Crippen LogP contribution in [0.15, 0.2) is 42.5 Å². The number of rotatable bonds is 6. The molecule has 2 aromatic carbocycles. The third-order valence-corrected chi connectivity index (χ3v) is 3.57. The van der Waals surface area contributed by atoms with Gasteiger partial charge in [0, 0.05) is 18.7 Å². The summed E-state index contributed by atoms with van der Waals surface area (Å²) in [6, 6.07) is 11.8. The minimum atomic E-state index is -0.557. The highest BCUT2D eigenvalue weighted by atomic mass is 19.1. The van der Waals surface area contributed by atoms with Gasteiger partial charge in [0.15, 0.2) is 0 Å². The minimum Gasteiger partial charge on any atom is -0.496 e. The van der Waals surface area contributed by atoms with Crippen molar-refractivity contribution in [2.45, 2.75) is 13.5 Å². The molecular weight excluding hydrogens is 297 g/mol. The van der Waals surface area contributed by atoms with Gasteiger partial charge in [-0.1, -0.05) is 24.3 Å². The van der Waals surface area contributed by atoms with Gasteiger partial charge in [0.25, 0.3) is 5.91 Å². The maximum absolute atomic E-state index is 14.1. The lowest BCUT2D eigenvalue weighted by Crippen LogP contribution is -2.33. The summed E-state index contributed by atoms with van der Waals surface area (Å²) in [7, 11) is 1.55. The summed E-state index contributed by atoms with van der Waals surface area (Å²) < 4.78 is 19.3. The molecule has 122 valence electrons. The van der Waals surface area contributed by atoms with E-state index < -0.39 is 11.7 Å². The number of hydrogen-bond donors (Lipinski definition) is 1. The highest BCUT2D eigenvalue weighted by Gasteiger charge is 2.20. The zero-order chi connectivity index (χ0) is 16.8. The van der Waals surface area contributed by atoms with Gasteiger partial charge in [-0.3, -0.25) is 4.79 Å². The lowest BCUT2D eigenvalue weighted by molar-refractivity contribution is 0.0702. The van der Waals surface area contributed by atoms with E-state index in [-0.39, 0.29) is 25.3 Å². The molecule has 0 aliphatic heterocycles. The van der Waals surface area contributed by atoms with Crippen LogP contribution in [-0.2, 0) is 6.54 Å². The first-order valence-corrected chi connectivity index (χ1v) is 7.35. The molecular formula is C18H20FNO3. The van der Waals surface area contributed by atoms with E-state index in [1.54, 1.807) is 26.2 Å². The molecule has 0 aliphatic rings. The fourth-order valence-electron chi connectivity index (χ4n) is 2.38. The Hall–Kier alpha value is -2.40. The van der Waals surface area contributed by atoms with Crippen LogP contribution in [0.1, 0.15) is 21.5 Å². The van der Waals surface area contributed by atoms with Gasteiger partial charge in [-0.2, -0.15) is 0 Å². The Morgan fingerprint density at radius 3 is 2.65 bits per heavy atom. The summed E-state index contributed by atoms with van der Waals surface area (Å²) in [5, 5.41) is 9.23. The maximum atomic E-state index is 14.1.